The van der Waals surface area contributed by atoms with Crippen LogP contribution in [0.1, 0.15) is 6.92 Å². The lowest BCUT2D eigenvalue weighted by Crippen LogP contribution is -2.30. The predicted octanol–water partition coefficient (Wildman–Crippen LogP) is 5.01. The van der Waals surface area contributed by atoms with Gasteiger partial charge in [0.2, 0.25) is 0 Å². The number of amides is 1. The van der Waals surface area contributed by atoms with Gasteiger partial charge in [0.05, 0.1) is 4.47 Å². The summed E-state index contributed by atoms with van der Waals surface area (Å²) < 4.78 is 6.68. The van der Waals surface area contributed by atoms with E-state index in [4.69, 9.17) is 4.74 Å². The number of carbonyl (C=O) groups excluding carboxylic acids is 1. The normalized spacial score (nSPS) is 11.9. The van der Waals surface area contributed by atoms with Crippen molar-refractivity contribution in [3.8, 4) is 5.75 Å². The molecule has 0 saturated carbocycles. The summed E-state index contributed by atoms with van der Waals surface area (Å²) in [7, 11) is 0. The lowest BCUT2D eigenvalue weighted by atomic mass is 10.1. The zero-order valence-corrected chi connectivity index (χ0v) is 14.2. The van der Waals surface area contributed by atoms with Crippen LogP contribution in [0.4, 0.5) is 5.69 Å². The van der Waals surface area contributed by atoms with Gasteiger partial charge in [0.25, 0.3) is 5.91 Å². The number of fused-ring (bicyclic) bond motifs is 1. The zero-order chi connectivity index (χ0) is 16.2. The van der Waals surface area contributed by atoms with Gasteiger partial charge < -0.3 is 10.1 Å². The minimum Gasteiger partial charge on any atom is -0.480 e. The zero-order valence-electron chi connectivity index (χ0n) is 12.6. The molecule has 0 aromatic heterocycles. The molecule has 0 aliphatic carbocycles. The maximum Gasteiger partial charge on any atom is 0.265 e. The molecular formula is C19H16BrNO2. The molecule has 23 heavy (non-hydrogen) atoms. The van der Waals surface area contributed by atoms with Crippen molar-refractivity contribution in [1.82, 2.24) is 0 Å². The van der Waals surface area contributed by atoms with Gasteiger partial charge in [-0.25, -0.2) is 0 Å². The van der Waals surface area contributed by atoms with Crippen LogP contribution in [0, 0.1) is 0 Å². The molecule has 1 N–H and O–H groups in total. The molecule has 0 saturated heterocycles. The Morgan fingerprint density at radius 2 is 1.70 bits per heavy atom. The summed E-state index contributed by atoms with van der Waals surface area (Å²) in [5.74, 6) is 0.468. The first-order valence-corrected chi connectivity index (χ1v) is 8.14. The van der Waals surface area contributed by atoms with E-state index in [1.807, 2.05) is 66.7 Å². The average molecular weight is 370 g/mol. The van der Waals surface area contributed by atoms with E-state index in [0.717, 1.165) is 20.9 Å². The predicted molar refractivity (Wildman–Crippen MR) is 96.8 cm³/mol. The molecule has 0 spiro atoms. The third-order valence-electron chi connectivity index (χ3n) is 3.54. The van der Waals surface area contributed by atoms with Crippen molar-refractivity contribution >= 4 is 38.3 Å². The minimum absolute atomic E-state index is 0.184. The number of anilines is 1. The molecule has 1 atom stereocenters. The second-order valence-electron chi connectivity index (χ2n) is 5.21. The lowest BCUT2D eigenvalue weighted by Gasteiger charge is -2.16. The van der Waals surface area contributed by atoms with E-state index in [2.05, 4.69) is 21.2 Å². The maximum atomic E-state index is 12.2. The SMILES string of the molecule is C[C@@H](Oc1ccc2ccccc2c1Br)C(=O)Nc1ccccc1. The Balaban J connectivity index is 1.76. The molecule has 0 unspecified atom stereocenters. The molecule has 3 aromatic rings. The number of nitrogens with one attached hydrogen (secondary N) is 1. The molecule has 0 fully saturated rings. The van der Waals surface area contributed by atoms with E-state index in [0.29, 0.717) is 5.75 Å². The third kappa shape index (κ3) is 3.54. The van der Waals surface area contributed by atoms with Crippen LogP contribution >= 0.6 is 15.9 Å². The smallest absolute Gasteiger partial charge is 0.265 e. The van der Waals surface area contributed by atoms with Crippen LogP contribution in [0.15, 0.2) is 71.2 Å². The van der Waals surface area contributed by atoms with E-state index in [1.165, 1.54) is 0 Å². The van der Waals surface area contributed by atoms with Crippen molar-refractivity contribution in [1.29, 1.82) is 0 Å². The largest absolute Gasteiger partial charge is 0.480 e. The molecule has 3 aromatic carbocycles. The van der Waals surface area contributed by atoms with E-state index in [9.17, 15) is 4.79 Å². The Kier molecular flexibility index (Phi) is 4.63. The Bertz CT molecular complexity index is 833. The molecule has 0 aliphatic heterocycles. The molecule has 116 valence electrons. The van der Waals surface area contributed by atoms with Crippen LogP contribution in [0.25, 0.3) is 10.8 Å². The topological polar surface area (TPSA) is 38.3 Å². The van der Waals surface area contributed by atoms with E-state index in [-0.39, 0.29) is 5.91 Å². The Labute approximate surface area is 143 Å². The highest BCUT2D eigenvalue weighted by molar-refractivity contribution is 9.10. The second kappa shape index (κ2) is 6.84. The van der Waals surface area contributed by atoms with Gasteiger partial charge in [-0.15, -0.1) is 0 Å². The van der Waals surface area contributed by atoms with Crippen molar-refractivity contribution in [2.24, 2.45) is 0 Å². The fourth-order valence-corrected chi connectivity index (χ4v) is 2.90. The summed E-state index contributed by atoms with van der Waals surface area (Å²) in [6.07, 6.45) is -0.604. The van der Waals surface area contributed by atoms with Crippen molar-refractivity contribution < 1.29 is 9.53 Å². The number of halogens is 1. The first-order chi connectivity index (χ1) is 11.1. The highest BCUT2D eigenvalue weighted by Crippen LogP contribution is 2.33. The molecular weight excluding hydrogens is 354 g/mol. The molecule has 0 bridgehead atoms. The number of carbonyl (C=O) groups is 1. The van der Waals surface area contributed by atoms with Crippen LogP contribution in [0.2, 0.25) is 0 Å². The molecule has 0 aliphatic rings. The Hall–Kier alpha value is -2.33. The third-order valence-corrected chi connectivity index (χ3v) is 4.36. The molecule has 0 heterocycles. The van der Waals surface area contributed by atoms with Crippen molar-refractivity contribution in [2.75, 3.05) is 5.32 Å². The standard InChI is InChI=1S/C19H16BrNO2/c1-13(19(22)21-15-8-3-2-4-9-15)23-17-12-11-14-7-5-6-10-16(14)18(17)20/h2-13H,1H3,(H,21,22)/t13-/m1/s1. The van der Waals surface area contributed by atoms with Gasteiger partial charge in [-0.2, -0.15) is 0 Å². The average Bonchev–Trinajstić information content (AvgIpc) is 2.58. The molecule has 1 amide bonds. The summed E-state index contributed by atoms with van der Waals surface area (Å²) in [6.45, 7) is 1.74. The molecule has 3 rings (SSSR count). The van der Waals surface area contributed by atoms with Crippen LogP contribution < -0.4 is 10.1 Å². The number of benzene rings is 3. The maximum absolute atomic E-state index is 12.2. The fraction of sp³-hybridized carbons (Fsp3) is 0.105. The fourth-order valence-electron chi connectivity index (χ4n) is 2.31. The molecule has 3 nitrogen and oxygen atoms in total. The van der Waals surface area contributed by atoms with Crippen molar-refractivity contribution in [2.45, 2.75) is 13.0 Å². The summed E-state index contributed by atoms with van der Waals surface area (Å²) in [5.41, 5.74) is 0.755. The van der Waals surface area contributed by atoms with Crippen LogP contribution in [-0.2, 0) is 4.79 Å². The van der Waals surface area contributed by atoms with Gasteiger partial charge in [-0.1, -0.05) is 48.5 Å². The minimum atomic E-state index is -0.604. The second-order valence-corrected chi connectivity index (χ2v) is 6.01. The Morgan fingerprint density at radius 3 is 2.48 bits per heavy atom. The molecule has 4 heteroatoms. The van der Waals surface area contributed by atoms with Crippen LogP contribution in [0.3, 0.4) is 0 Å². The number of hydrogen-bond donors (Lipinski definition) is 1. The van der Waals surface area contributed by atoms with Crippen molar-refractivity contribution in [3.05, 3.63) is 71.2 Å². The van der Waals surface area contributed by atoms with E-state index < -0.39 is 6.10 Å². The van der Waals surface area contributed by atoms with Gasteiger partial charge >= 0.3 is 0 Å². The first kappa shape index (κ1) is 15.6. The summed E-state index contributed by atoms with van der Waals surface area (Å²) in [6, 6.07) is 21.2. The van der Waals surface area contributed by atoms with E-state index >= 15 is 0 Å². The summed E-state index contributed by atoms with van der Waals surface area (Å²) in [5, 5.41) is 5.01. The van der Waals surface area contributed by atoms with Gasteiger partial charge in [0, 0.05) is 5.69 Å². The first-order valence-electron chi connectivity index (χ1n) is 7.35. The van der Waals surface area contributed by atoms with E-state index in [1.54, 1.807) is 6.92 Å². The van der Waals surface area contributed by atoms with Gasteiger partial charge in [-0.05, 0) is 51.8 Å². The highest BCUT2D eigenvalue weighted by Gasteiger charge is 2.17. The number of rotatable bonds is 4. The van der Waals surface area contributed by atoms with Gasteiger partial charge in [0.1, 0.15) is 5.75 Å². The van der Waals surface area contributed by atoms with Crippen molar-refractivity contribution in [3.63, 3.8) is 0 Å². The number of ether oxygens (including phenoxy) is 1. The lowest BCUT2D eigenvalue weighted by molar-refractivity contribution is -0.122. The highest BCUT2D eigenvalue weighted by atomic mass is 79.9. The van der Waals surface area contributed by atoms with Gasteiger partial charge in [-0.3, -0.25) is 4.79 Å². The van der Waals surface area contributed by atoms with Crippen LogP contribution in [0.5, 0.6) is 5.75 Å². The Morgan fingerprint density at radius 1 is 1.00 bits per heavy atom. The van der Waals surface area contributed by atoms with Gasteiger partial charge in [0.15, 0.2) is 6.10 Å². The number of para-hydroxylation sites is 1. The summed E-state index contributed by atoms with van der Waals surface area (Å²) >= 11 is 3.57. The quantitative estimate of drug-likeness (QED) is 0.701. The summed E-state index contributed by atoms with van der Waals surface area (Å²) in [4.78, 5) is 12.2. The molecule has 0 radical (unpaired) electrons. The van der Waals surface area contributed by atoms with Crippen LogP contribution in [-0.4, -0.2) is 12.0 Å². The number of hydrogen-bond acceptors (Lipinski definition) is 2. The monoisotopic (exact) mass is 369 g/mol.